The summed E-state index contributed by atoms with van der Waals surface area (Å²) >= 11 is 0. The van der Waals surface area contributed by atoms with E-state index in [4.69, 9.17) is 20.6 Å². The number of aliphatic imine (C=N–C) groups is 1. The average molecular weight is 537 g/mol. The van der Waals surface area contributed by atoms with Crippen LogP contribution in [0, 0.1) is 11.6 Å². The molecule has 0 aliphatic carbocycles. The van der Waals surface area contributed by atoms with Crippen molar-refractivity contribution in [1.82, 2.24) is 14.9 Å². The van der Waals surface area contributed by atoms with Gasteiger partial charge in [-0.05, 0) is 36.6 Å². The van der Waals surface area contributed by atoms with Gasteiger partial charge in [-0.25, -0.2) is 13.8 Å². The Morgan fingerprint density at radius 2 is 1.87 bits per heavy atom. The van der Waals surface area contributed by atoms with E-state index in [0.717, 1.165) is 12.8 Å². The summed E-state index contributed by atoms with van der Waals surface area (Å²) in [5.41, 5.74) is 8.88. The Morgan fingerprint density at radius 3 is 2.54 bits per heavy atom. The molecule has 5 rings (SSSR count). The number of nitrogens with zero attached hydrogens (tertiary/aromatic N) is 5. The van der Waals surface area contributed by atoms with Gasteiger partial charge in [-0.15, -0.1) is 0 Å². The second kappa shape index (κ2) is 11.8. The van der Waals surface area contributed by atoms with Gasteiger partial charge >= 0.3 is 5.97 Å². The van der Waals surface area contributed by atoms with E-state index in [-0.39, 0.29) is 18.3 Å². The summed E-state index contributed by atoms with van der Waals surface area (Å²) in [7, 11) is 0. The molecule has 2 saturated heterocycles. The van der Waals surface area contributed by atoms with Crippen molar-refractivity contribution in [1.29, 1.82) is 0 Å². The SMILES string of the molecule is NC=C(C=NC1CCN(CC(=O)O)CC1)c1cnc2cccc(-c3cc(F)c(N4CCOCC4)c(F)c3)c2n1. The molecule has 3 aromatic rings. The van der Waals surface area contributed by atoms with Crippen molar-refractivity contribution in [3.05, 3.63) is 60.1 Å². The maximum absolute atomic E-state index is 15.2. The molecule has 0 unspecified atom stereocenters. The molecule has 3 N–H and O–H groups in total. The van der Waals surface area contributed by atoms with Gasteiger partial charge in [0, 0.05) is 49.7 Å². The maximum Gasteiger partial charge on any atom is 0.317 e. The number of anilines is 1. The van der Waals surface area contributed by atoms with Gasteiger partial charge in [0.05, 0.1) is 48.7 Å². The van der Waals surface area contributed by atoms with Crippen molar-refractivity contribution in [3.8, 4) is 11.1 Å². The number of fused-ring (bicyclic) bond motifs is 1. The number of carboxylic acids is 1. The van der Waals surface area contributed by atoms with E-state index in [0.29, 0.717) is 72.8 Å². The molecule has 0 bridgehead atoms. The van der Waals surface area contributed by atoms with Gasteiger partial charge in [-0.3, -0.25) is 19.7 Å². The number of carbonyl (C=O) groups is 1. The standard InChI is InChI=1S/C28H30F2N6O3/c29-22-12-18(13-23(30)28(22)36-8-10-39-11-9-36)21-2-1-3-24-27(21)34-25(16-33-24)19(14-31)15-32-20-4-6-35(7-5-20)17-26(37)38/h1-3,12-16,20H,4-11,17,31H2,(H,37,38). The lowest BCUT2D eigenvalue weighted by molar-refractivity contribution is -0.138. The van der Waals surface area contributed by atoms with Crippen LogP contribution in [0.5, 0.6) is 0 Å². The number of nitrogens with two attached hydrogens (primary N) is 1. The van der Waals surface area contributed by atoms with E-state index >= 15 is 8.78 Å². The Bertz CT molecular complexity index is 1390. The first-order valence-corrected chi connectivity index (χ1v) is 12.9. The van der Waals surface area contributed by atoms with Crippen molar-refractivity contribution >= 4 is 34.5 Å². The summed E-state index contributed by atoms with van der Waals surface area (Å²) in [4.78, 5) is 28.4. The van der Waals surface area contributed by atoms with Crippen LogP contribution in [-0.2, 0) is 9.53 Å². The van der Waals surface area contributed by atoms with Crippen LogP contribution in [0.2, 0.25) is 0 Å². The second-order valence-corrected chi connectivity index (χ2v) is 9.62. The van der Waals surface area contributed by atoms with E-state index < -0.39 is 17.6 Å². The zero-order valence-electron chi connectivity index (χ0n) is 21.4. The number of para-hydroxylation sites is 1. The minimum Gasteiger partial charge on any atom is -0.480 e. The first-order valence-electron chi connectivity index (χ1n) is 12.9. The molecule has 1 aromatic heterocycles. The van der Waals surface area contributed by atoms with E-state index in [1.807, 2.05) is 4.90 Å². The molecule has 3 heterocycles. The number of halogens is 2. The second-order valence-electron chi connectivity index (χ2n) is 9.62. The van der Waals surface area contributed by atoms with E-state index in [9.17, 15) is 4.79 Å². The number of morpholine rings is 1. The highest BCUT2D eigenvalue weighted by atomic mass is 19.1. The highest BCUT2D eigenvalue weighted by Gasteiger charge is 2.22. The van der Waals surface area contributed by atoms with Gasteiger partial charge < -0.3 is 20.5 Å². The number of benzene rings is 2. The predicted octanol–water partition coefficient (Wildman–Crippen LogP) is 3.33. The van der Waals surface area contributed by atoms with E-state index in [1.54, 1.807) is 35.5 Å². The third kappa shape index (κ3) is 6.04. The first-order chi connectivity index (χ1) is 18.9. The Hall–Kier alpha value is -3.96. The van der Waals surface area contributed by atoms with E-state index in [2.05, 4.69) is 9.98 Å². The number of likely N-dealkylation sites (tertiary alicyclic amines) is 1. The molecule has 0 spiro atoms. The summed E-state index contributed by atoms with van der Waals surface area (Å²) in [6.07, 6.45) is 6.14. The highest BCUT2D eigenvalue weighted by molar-refractivity contribution is 6.09. The molecule has 0 amide bonds. The third-order valence-electron chi connectivity index (χ3n) is 7.04. The van der Waals surface area contributed by atoms with Gasteiger partial charge in [0.1, 0.15) is 17.3 Å². The van der Waals surface area contributed by atoms with Gasteiger partial charge in [0.25, 0.3) is 0 Å². The number of piperidine rings is 1. The number of ether oxygens (including phenoxy) is 1. The van der Waals surface area contributed by atoms with Crippen molar-refractivity contribution < 1.29 is 23.4 Å². The minimum absolute atomic E-state index is 0.0309. The number of aromatic nitrogens is 2. The van der Waals surface area contributed by atoms with Gasteiger partial charge in [-0.2, -0.15) is 0 Å². The number of allylic oxidation sites excluding steroid dienone is 1. The van der Waals surface area contributed by atoms with Crippen molar-refractivity contribution in [2.24, 2.45) is 10.7 Å². The Kier molecular flexibility index (Phi) is 8.08. The normalized spacial score (nSPS) is 17.8. The van der Waals surface area contributed by atoms with Crippen molar-refractivity contribution in [3.63, 3.8) is 0 Å². The summed E-state index contributed by atoms with van der Waals surface area (Å²) in [6.45, 7) is 3.04. The van der Waals surface area contributed by atoms with E-state index in [1.165, 1.54) is 18.3 Å². The first kappa shape index (κ1) is 26.6. The molecular weight excluding hydrogens is 506 g/mol. The molecule has 204 valence electrons. The summed E-state index contributed by atoms with van der Waals surface area (Å²) in [6, 6.07) is 8.02. The molecule has 9 nitrogen and oxygen atoms in total. The maximum atomic E-state index is 15.2. The number of hydrogen-bond acceptors (Lipinski definition) is 8. The molecule has 0 radical (unpaired) electrons. The predicted molar refractivity (Wildman–Crippen MR) is 146 cm³/mol. The monoisotopic (exact) mass is 536 g/mol. The molecule has 0 saturated carbocycles. The highest BCUT2D eigenvalue weighted by Crippen LogP contribution is 2.33. The summed E-state index contributed by atoms with van der Waals surface area (Å²) in [5, 5.41) is 8.98. The molecule has 2 aromatic carbocycles. The van der Waals surface area contributed by atoms with Gasteiger partial charge in [0.15, 0.2) is 0 Å². The van der Waals surface area contributed by atoms with Crippen molar-refractivity contribution in [2.75, 3.05) is 50.8 Å². The zero-order valence-corrected chi connectivity index (χ0v) is 21.4. The molecule has 11 heteroatoms. The summed E-state index contributed by atoms with van der Waals surface area (Å²) in [5.74, 6) is -2.12. The molecule has 2 fully saturated rings. The number of aliphatic carboxylic acids is 1. The number of hydrogen-bond donors (Lipinski definition) is 2. The van der Waals surface area contributed by atoms with Crippen LogP contribution in [0.4, 0.5) is 14.5 Å². The van der Waals surface area contributed by atoms with Crippen LogP contribution in [0.3, 0.4) is 0 Å². The largest absolute Gasteiger partial charge is 0.480 e. The van der Waals surface area contributed by atoms with Gasteiger partial charge in [-0.1, -0.05) is 12.1 Å². The Balaban J connectivity index is 1.40. The summed E-state index contributed by atoms with van der Waals surface area (Å²) < 4.78 is 35.7. The van der Waals surface area contributed by atoms with Crippen LogP contribution in [0.25, 0.3) is 27.7 Å². The lowest BCUT2D eigenvalue weighted by atomic mass is 10.0. The van der Waals surface area contributed by atoms with Crippen LogP contribution < -0.4 is 10.6 Å². The topological polar surface area (TPSA) is 117 Å². The average Bonchev–Trinajstić information content (AvgIpc) is 2.94. The van der Waals surface area contributed by atoms with Crippen LogP contribution in [0.15, 0.2) is 47.7 Å². The fraction of sp³-hybridized carbons (Fsp3) is 0.357. The van der Waals surface area contributed by atoms with Gasteiger partial charge in [0.2, 0.25) is 0 Å². The smallest absolute Gasteiger partial charge is 0.317 e. The van der Waals surface area contributed by atoms with Crippen molar-refractivity contribution in [2.45, 2.75) is 18.9 Å². The van der Waals surface area contributed by atoms with Crippen LogP contribution in [0.1, 0.15) is 18.5 Å². The molecule has 2 aliphatic heterocycles. The minimum atomic E-state index is -0.835. The number of carboxylic acid groups (broad SMARTS) is 1. The quantitative estimate of drug-likeness (QED) is 0.442. The molecule has 39 heavy (non-hydrogen) atoms. The lowest BCUT2D eigenvalue weighted by Crippen LogP contribution is -2.38. The van der Waals surface area contributed by atoms with Crippen LogP contribution >= 0.6 is 0 Å². The van der Waals surface area contributed by atoms with Crippen LogP contribution in [-0.4, -0.2) is 84.1 Å². The third-order valence-corrected chi connectivity index (χ3v) is 7.04. The Morgan fingerprint density at radius 1 is 1.15 bits per heavy atom. The molecule has 2 aliphatic rings. The Labute approximate surface area is 224 Å². The fourth-order valence-corrected chi connectivity index (χ4v) is 5.01. The number of rotatable bonds is 7. The molecular formula is C28H30F2N6O3. The zero-order chi connectivity index (χ0) is 27.4. The lowest BCUT2D eigenvalue weighted by Gasteiger charge is -2.29. The fourth-order valence-electron chi connectivity index (χ4n) is 5.01. The molecule has 0 atom stereocenters.